The Morgan fingerprint density at radius 3 is 2.48 bits per heavy atom. The molecule has 23 heavy (non-hydrogen) atoms. The lowest BCUT2D eigenvalue weighted by Crippen LogP contribution is -2.51. The van der Waals surface area contributed by atoms with Crippen molar-refractivity contribution in [3.63, 3.8) is 0 Å². The van der Waals surface area contributed by atoms with Crippen molar-refractivity contribution >= 4 is 21.6 Å². The van der Waals surface area contributed by atoms with Crippen molar-refractivity contribution in [1.82, 2.24) is 9.62 Å². The van der Waals surface area contributed by atoms with Crippen LogP contribution in [-0.2, 0) is 21.4 Å². The number of nitrogens with zero attached hydrogens (tertiary/aromatic N) is 2. The van der Waals surface area contributed by atoms with Gasteiger partial charge in [0.05, 0.1) is 6.26 Å². The van der Waals surface area contributed by atoms with E-state index in [1.807, 2.05) is 43.3 Å². The summed E-state index contributed by atoms with van der Waals surface area (Å²) >= 11 is 0. The lowest BCUT2D eigenvalue weighted by atomic mass is 10.0. The minimum Gasteiger partial charge on any atom is -0.378 e. The first-order chi connectivity index (χ1) is 10.8. The SMILES string of the molecule is CN(C)c1ccc(CNC(=O)C2CCCCN2S(C)(=O)=O)cc1. The molecule has 0 saturated carbocycles. The van der Waals surface area contributed by atoms with Crippen molar-refractivity contribution in [3.8, 4) is 0 Å². The molecule has 0 radical (unpaired) electrons. The molecule has 1 amide bonds. The van der Waals surface area contributed by atoms with E-state index in [1.54, 1.807) is 0 Å². The van der Waals surface area contributed by atoms with Gasteiger partial charge in [0.2, 0.25) is 15.9 Å². The molecule has 0 aliphatic carbocycles. The van der Waals surface area contributed by atoms with Gasteiger partial charge in [-0.2, -0.15) is 4.31 Å². The van der Waals surface area contributed by atoms with Crippen LogP contribution in [-0.4, -0.2) is 51.6 Å². The highest BCUT2D eigenvalue weighted by atomic mass is 32.2. The Morgan fingerprint density at radius 2 is 1.91 bits per heavy atom. The van der Waals surface area contributed by atoms with Crippen molar-refractivity contribution < 1.29 is 13.2 Å². The van der Waals surface area contributed by atoms with E-state index in [9.17, 15) is 13.2 Å². The third-order valence-electron chi connectivity index (χ3n) is 4.10. The molecule has 0 bridgehead atoms. The summed E-state index contributed by atoms with van der Waals surface area (Å²) in [7, 11) is 0.593. The number of hydrogen-bond acceptors (Lipinski definition) is 4. The molecule has 6 nitrogen and oxygen atoms in total. The fourth-order valence-corrected chi connectivity index (χ4v) is 3.91. The zero-order valence-electron chi connectivity index (χ0n) is 13.9. The normalized spacial score (nSPS) is 19.3. The number of sulfonamides is 1. The highest BCUT2D eigenvalue weighted by Gasteiger charge is 2.34. The second-order valence-electron chi connectivity index (χ2n) is 6.16. The largest absolute Gasteiger partial charge is 0.378 e. The van der Waals surface area contributed by atoms with Crippen molar-refractivity contribution in [2.75, 3.05) is 31.8 Å². The van der Waals surface area contributed by atoms with E-state index in [1.165, 1.54) is 10.6 Å². The van der Waals surface area contributed by atoms with Gasteiger partial charge in [-0.05, 0) is 30.5 Å². The molecule has 1 heterocycles. The maximum absolute atomic E-state index is 12.4. The lowest BCUT2D eigenvalue weighted by Gasteiger charge is -2.32. The number of nitrogens with one attached hydrogen (secondary N) is 1. The van der Waals surface area contributed by atoms with Crippen LogP contribution >= 0.6 is 0 Å². The highest BCUT2D eigenvalue weighted by molar-refractivity contribution is 7.88. The van der Waals surface area contributed by atoms with Crippen LogP contribution in [0.25, 0.3) is 0 Å². The summed E-state index contributed by atoms with van der Waals surface area (Å²) in [6, 6.07) is 7.32. The Bertz CT molecular complexity index is 641. The Labute approximate surface area is 138 Å². The van der Waals surface area contributed by atoms with Crippen molar-refractivity contribution in [2.24, 2.45) is 0 Å². The van der Waals surface area contributed by atoms with E-state index < -0.39 is 16.1 Å². The van der Waals surface area contributed by atoms with Crippen molar-refractivity contribution in [2.45, 2.75) is 31.8 Å². The third-order valence-corrected chi connectivity index (χ3v) is 5.39. The van der Waals surface area contributed by atoms with Crippen molar-refractivity contribution in [1.29, 1.82) is 0 Å². The van der Waals surface area contributed by atoms with E-state index in [0.29, 0.717) is 19.5 Å². The smallest absolute Gasteiger partial charge is 0.238 e. The second-order valence-corrected chi connectivity index (χ2v) is 8.10. The molecule has 1 saturated heterocycles. The highest BCUT2D eigenvalue weighted by Crippen LogP contribution is 2.20. The Balaban J connectivity index is 1.98. The van der Waals surface area contributed by atoms with Crippen LogP contribution in [0.3, 0.4) is 0 Å². The van der Waals surface area contributed by atoms with Crippen molar-refractivity contribution in [3.05, 3.63) is 29.8 Å². The van der Waals surface area contributed by atoms with Gasteiger partial charge >= 0.3 is 0 Å². The number of piperidine rings is 1. The molecule has 1 aromatic rings. The van der Waals surface area contributed by atoms with Gasteiger partial charge in [-0.3, -0.25) is 4.79 Å². The molecule has 1 aromatic carbocycles. The summed E-state index contributed by atoms with van der Waals surface area (Å²) in [6.07, 6.45) is 3.43. The second kappa shape index (κ2) is 7.31. The molecule has 1 fully saturated rings. The first-order valence-corrected chi connectivity index (χ1v) is 9.64. The van der Waals surface area contributed by atoms with Gasteiger partial charge in [0.15, 0.2) is 0 Å². The van der Waals surface area contributed by atoms with E-state index in [2.05, 4.69) is 5.32 Å². The number of benzene rings is 1. The monoisotopic (exact) mass is 339 g/mol. The molecular weight excluding hydrogens is 314 g/mol. The fraction of sp³-hybridized carbons (Fsp3) is 0.562. The van der Waals surface area contributed by atoms with E-state index in [0.717, 1.165) is 24.1 Å². The van der Waals surface area contributed by atoms with E-state index in [4.69, 9.17) is 0 Å². The van der Waals surface area contributed by atoms with Gasteiger partial charge in [-0.25, -0.2) is 8.42 Å². The summed E-state index contributed by atoms with van der Waals surface area (Å²) in [6.45, 7) is 0.828. The third kappa shape index (κ3) is 4.68. The number of carbonyl (C=O) groups is 1. The first-order valence-electron chi connectivity index (χ1n) is 7.80. The summed E-state index contributed by atoms with van der Waals surface area (Å²) in [5.41, 5.74) is 2.08. The average Bonchev–Trinajstić information content (AvgIpc) is 2.52. The summed E-state index contributed by atoms with van der Waals surface area (Å²) in [5, 5.41) is 2.86. The van der Waals surface area contributed by atoms with Crippen LogP contribution in [0.4, 0.5) is 5.69 Å². The first kappa shape index (κ1) is 17.7. The predicted octanol–water partition coefficient (Wildman–Crippen LogP) is 1.18. The number of carbonyl (C=O) groups excluding carboxylic acids is 1. The Hall–Kier alpha value is -1.60. The molecule has 1 aliphatic rings. The molecule has 0 aromatic heterocycles. The molecule has 1 N–H and O–H groups in total. The van der Waals surface area contributed by atoms with Crippen LogP contribution in [0, 0.1) is 0 Å². The maximum Gasteiger partial charge on any atom is 0.238 e. The zero-order chi connectivity index (χ0) is 17.0. The summed E-state index contributed by atoms with van der Waals surface area (Å²) < 4.78 is 25.0. The van der Waals surface area contributed by atoms with Gasteiger partial charge in [-0.15, -0.1) is 0 Å². The van der Waals surface area contributed by atoms with E-state index in [-0.39, 0.29) is 5.91 Å². The van der Waals surface area contributed by atoms with Crippen LogP contribution in [0.15, 0.2) is 24.3 Å². The average molecular weight is 339 g/mol. The summed E-state index contributed by atoms with van der Waals surface area (Å²) in [4.78, 5) is 14.4. The molecule has 7 heteroatoms. The number of hydrogen-bond donors (Lipinski definition) is 1. The van der Waals surface area contributed by atoms with E-state index >= 15 is 0 Å². The maximum atomic E-state index is 12.4. The van der Waals surface area contributed by atoms with Gasteiger partial charge in [-0.1, -0.05) is 18.6 Å². The molecular formula is C16H25N3O3S. The van der Waals surface area contributed by atoms with Crippen LogP contribution in [0.5, 0.6) is 0 Å². The molecule has 128 valence electrons. The predicted molar refractivity (Wildman–Crippen MR) is 91.8 cm³/mol. The van der Waals surface area contributed by atoms with Gasteiger partial charge in [0.25, 0.3) is 0 Å². The standard InChI is InChI=1S/C16H25N3O3S/c1-18(2)14-9-7-13(8-10-14)12-17-16(20)15-6-4-5-11-19(15)23(3,21)22/h7-10,15H,4-6,11-12H2,1-3H3,(H,17,20). The molecule has 1 aliphatic heterocycles. The number of anilines is 1. The van der Waals surface area contributed by atoms with Gasteiger partial charge in [0.1, 0.15) is 6.04 Å². The quantitative estimate of drug-likeness (QED) is 0.875. The minimum absolute atomic E-state index is 0.216. The zero-order valence-corrected chi connectivity index (χ0v) is 14.8. The molecule has 1 atom stereocenters. The van der Waals surface area contributed by atoms with Crippen LogP contribution < -0.4 is 10.2 Å². The van der Waals surface area contributed by atoms with Gasteiger partial charge in [0, 0.05) is 32.9 Å². The minimum atomic E-state index is -3.35. The molecule has 1 unspecified atom stereocenters. The topological polar surface area (TPSA) is 69.7 Å². The van der Waals surface area contributed by atoms with Crippen LogP contribution in [0.2, 0.25) is 0 Å². The number of rotatable bonds is 5. The molecule has 2 rings (SSSR count). The Morgan fingerprint density at radius 1 is 1.26 bits per heavy atom. The Kier molecular flexibility index (Phi) is 5.64. The lowest BCUT2D eigenvalue weighted by molar-refractivity contribution is -0.125. The number of amides is 1. The van der Waals surface area contributed by atoms with Crippen LogP contribution in [0.1, 0.15) is 24.8 Å². The summed E-state index contributed by atoms with van der Waals surface area (Å²) in [5.74, 6) is -0.216. The molecule has 0 spiro atoms. The fourth-order valence-electron chi connectivity index (χ4n) is 2.78. The van der Waals surface area contributed by atoms with Gasteiger partial charge < -0.3 is 10.2 Å².